The van der Waals surface area contributed by atoms with Gasteiger partial charge in [-0.3, -0.25) is 4.90 Å². The van der Waals surface area contributed by atoms with Crippen molar-refractivity contribution in [1.82, 2.24) is 10.2 Å². The maximum absolute atomic E-state index is 5.43. The summed E-state index contributed by atoms with van der Waals surface area (Å²) in [6.45, 7) is 3.11. The molecule has 0 radical (unpaired) electrons. The van der Waals surface area contributed by atoms with Gasteiger partial charge in [0, 0.05) is 31.4 Å². The number of hydrogen-bond acceptors (Lipinski definition) is 3. The topological polar surface area (TPSA) is 36.5 Å². The molecule has 1 unspecified atom stereocenters. The molecule has 0 saturated carbocycles. The number of likely N-dealkylation sites (tertiary alicyclic amines) is 1. The van der Waals surface area contributed by atoms with Gasteiger partial charge < -0.3 is 15.4 Å². The largest absolute Gasteiger partial charge is 0.497 e. The number of thiocarbonyl (C=S) groups is 1. The van der Waals surface area contributed by atoms with Gasteiger partial charge in [0.25, 0.3) is 0 Å². The van der Waals surface area contributed by atoms with E-state index in [9.17, 15) is 0 Å². The summed E-state index contributed by atoms with van der Waals surface area (Å²) in [5.74, 6) is 0.840. The standard InChI is InChI=1S/C19H23N3OS/c1-23-18-9-7-16(8-10-18)20-19(24)21-17-11-12-22(14-17)13-15-5-3-2-4-6-15/h2-10,17H,11-14H2,1H3,(H2,20,21,24). The molecule has 1 aliphatic rings. The van der Waals surface area contributed by atoms with Crippen LogP contribution >= 0.6 is 12.2 Å². The molecule has 1 atom stereocenters. The van der Waals surface area contributed by atoms with E-state index in [4.69, 9.17) is 17.0 Å². The van der Waals surface area contributed by atoms with Crippen molar-refractivity contribution >= 4 is 23.0 Å². The summed E-state index contributed by atoms with van der Waals surface area (Å²) < 4.78 is 5.16. The SMILES string of the molecule is COc1ccc(NC(=S)NC2CCN(Cc3ccccc3)C2)cc1. The van der Waals surface area contributed by atoms with E-state index < -0.39 is 0 Å². The Bertz CT molecular complexity index is 660. The van der Waals surface area contributed by atoms with Crippen molar-refractivity contribution in [2.24, 2.45) is 0 Å². The molecule has 1 aliphatic heterocycles. The molecular formula is C19H23N3OS. The molecule has 126 valence electrons. The van der Waals surface area contributed by atoms with Gasteiger partial charge >= 0.3 is 0 Å². The van der Waals surface area contributed by atoms with Crippen molar-refractivity contribution in [3.63, 3.8) is 0 Å². The molecule has 1 fully saturated rings. The molecule has 2 aromatic carbocycles. The van der Waals surface area contributed by atoms with Gasteiger partial charge in [-0.1, -0.05) is 30.3 Å². The molecule has 2 N–H and O–H groups in total. The van der Waals surface area contributed by atoms with Crippen LogP contribution in [0.15, 0.2) is 54.6 Å². The van der Waals surface area contributed by atoms with Crippen molar-refractivity contribution in [1.29, 1.82) is 0 Å². The summed E-state index contributed by atoms with van der Waals surface area (Å²) >= 11 is 5.43. The van der Waals surface area contributed by atoms with Crippen molar-refractivity contribution in [3.8, 4) is 5.75 Å². The third-order valence-corrected chi connectivity index (χ3v) is 4.42. The molecule has 24 heavy (non-hydrogen) atoms. The minimum absolute atomic E-state index is 0.395. The Hall–Kier alpha value is -2.11. The Morgan fingerprint density at radius 2 is 1.92 bits per heavy atom. The lowest BCUT2D eigenvalue weighted by molar-refractivity contribution is 0.324. The second kappa shape index (κ2) is 8.13. The highest BCUT2D eigenvalue weighted by Gasteiger charge is 2.22. The number of methoxy groups -OCH3 is 1. The Morgan fingerprint density at radius 3 is 2.62 bits per heavy atom. The van der Waals surface area contributed by atoms with Crippen LogP contribution in [0.5, 0.6) is 5.75 Å². The summed E-state index contributed by atoms with van der Waals surface area (Å²) in [7, 11) is 1.66. The Kier molecular flexibility index (Phi) is 5.67. The molecule has 0 aliphatic carbocycles. The fourth-order valence-corrected chi connectivity index (χ4v) is 3.25. The first kappa shape index (κ1) is 16.7. The highest BCUT2D eigenvalue weighted by molar-refractivity contribution is 7.80. The number of ether oxygens (including phenoxy) is 1. The first-order chi connectivity index (χ1) is 11.7. The number of nitrogens with zero attached hydrogens (tertiary/aromatic N) is 1. The highest BCUT2D eigenvalue weighted by Crippen LogP contribution is 2.16. The number of nitrogens with one attached hydrogen (secondary N) is 2. The Labute approximate surface area is 148 Å². The summed E-state index contributed by atoms with van der Waals surface area (Å²) in [4.78, 5) is 2.46. The first-order valence-corrected chi connectivity index (χ1v) is 8.61. The summed E-state index contributed by atoms with van der Waals surface area (Å²) in [5, 5.41) is 7.32. The second-order valence-corrected chi connectivity index (χ2v) is 6.44. The van der Waals surface area contributed by atoms with E-state index in [1.165, 1.54) is 5.56 Å². The van der Waals surface area contributed by atoms with E-state index in [-0.39, 0.29) is 0 Å². The van der Waals surface area contributed by atoms with E-state index in [1.807, 2.05) is 24.3 Å². The van der Waals surface area contributed by atoms with Gasteiger partial charge in [0.1, 0.15) is 5.75 Å². The van der Waals surface area contributed by atoms with Crippen LogP contribution in [-0.4, -0.2) is 36.3 Å². The molecule has 2 aromatic rings. The maximum atomic E-state index is 5.43. The van der Waals surface area contributed by atoms with Gasteiger partial charge in [0.15, 0.2) is 5.11 Å². The molecule has 3 rings (SSSR count). The zero-order valence-corrected chi connectivity index (χ0v) is 14.7. The zero-order chi connectivity index (χ0) is 16.8. The molecule has 0 aromatic heterocycles. The maximum Gasteiger partial charge on any atom is 0.171 e. The quantitative estimate of drug-likeness (QED) is 0.817. The van der Waals surface area contributed by atoms with Crippen LogP contribution in [0.3, 0.4) is 0 Å². The van der Waals surface area contributed by atoms with Gasteiger partial charge in [-0.15, -0.1) is 0 Å². The van der Waals surface area contributed by atoms with Crippen LogP contribution in [-0.2, 0) is 6.54 Å². The lowest BCUT2D eigenvalue weighted by atomic mass is 10.2. The van der Waals surface area contributed by atoms with Crippen molar-refractivity contribution in [2.45, 2.75) is 19.0 Å². The highest BCUT2D eigenvalue weighted by atomic mass is 32.1. The average Bonchev–Trinajstić information content (AvgIpc) is 3.03. The molecule has 0 amide bonds. The van der Waals surface area contributed by atoms with Crippen LogP contribution in [0.4, 0.5) is 5.69 Å². The van der Waals surface area contributed by atoms with Crippen LogP contribution in [0, 0.1) is 0 Å². The molecule has 5 heteroatoms. The first-order valence-electron chi connectivity index (χ1n) is 8.21. The minimum atomic E-state index is 0.395. The summed E-state index contributed by atoms with van der Waals surface area (Å²) in [6, 6.07) is 18.8. The zero-order valence-electron chi connectivity index (χ0n) is 13.9. The molecular weight excluding hydrogens is 318 g/mol. The number of benzene rings is 2. The van der Waals surface area contributed by atoms with Crippen LogP contribution < -0.4 is 15.4 Å². The van der Waals surface area contributed by atoms with E-state index in [0.29, 0.717) is 11.2 Å². The fourth-order valence-electron chi connectivity index (χ4n) is 2.96. The van der Waals surface area contributed by atoms with Gasteiger partial charge in [-0.05, 0) is 48.5 Å². The van der Waals surface area contributed by atoms with Crippen molar-refractivity contribution in [2.75, 3.05) is 25.5 Å². The molecule has 0 spiro atoms. The van der Waals surface area contributed by atoms with Crippen LogP contribution in [0.1, 0.15) is 12.0 Å². The third kappa shape index (κ3) is 4.69. The van der Waals surface area contributed by atoms with E-state index in [1.54, 1.807) is 7.11 Å². The normalized spacial score (nSPS) is 17.5. The lowest BCUT2D eigenvalue weighted by Crippen LogP contribution is -2.39. The van der Waals surface area contributed by atoms with E-state index in [0.717, 1.165) is 37.5 Å². The van der Waals surface area contributed by atoms with E-state index in [2.05, 4.69) is 45.9 Å². The number of hydrogen-bond donors (Lipinski definition) is 2. The minimum Gasteiger partial charge on any atom is -0.497 e. The van der Waals surface area contributed by atoms with Crippen molar-refractivity contribution in [3.05, 3.63) is 60.2 Å². The molecule has 1 heterocycles. The molecule has 4 nitrogen and oxygen atoms in total. The Balaban J connectivity index is 1.45. The molecule has 1 saturated heterocycles. The fraction of sp³-hybridized carbons (Fsp3) is 0.316. The van der Waals surface area contributed by atoms with Gasteiger partial charge in [-0.2, -0.15) is 0 Å². The lowest BCUT2D eigenvalue weighted by Gasteiger charge is -2.18. The third-order valence-electron chi connectivity index (χ3n) is 4.20. The summed E-state index contributed by atoms with van der Waals surface area (Å²) in [6.07, 6.45) is 1.11. The molecule has 0 bridgehead atoms. The second-order valence-electron chi connectivity index (χ2n) is 6.03. The monoisotopic (exact) mass is 341 g/mol. The van der Waals surface area contributed by atoms with Crippen molar-refractivity contribution < 1.29 is 4.74 Å². The van der Waals surface area contributed by atoms with Crippen LogP contribution in [0.25, 0.3) is 0 Å². The van der Waals surface area contributed by atoms with Gasteiger partial charge in [0.05, 0.1) is 7.11 Å². The van der Waals surface area contributed by atoms with E-state index >= 15 is 0 Å². The number of anilines is 1. The van der Waals surface area contributed by atoms with Gasteiger partial charge in [0.2, 0.25) is 0 Å². The van der Waals surface area contributed by atoms with Crippen LogP contribution in [0.2, 0.25) is 0 Å². The Morgan fingerprint density at radius 1 is 1.17 bits per heavy atom. The average molecular weight is 341 g/mol. The summed E-state index contributed by atoms with van der Waals surface area (Å²) in [5.41, 5.74) is 2.32. The predicted molar refractivity (Wildman–Crippen MR) is 102 cm³/mol. The predicted octanol–water partition coefficient (Wildman–Crippen LogP) is 3.26. The smallest absolute Gasteiger partial charge is 0.171 e. The number of rotatable bonds is 5. The van der Waals surface area contributed by atoms with Gasteiger partial charge in [-0.25, -0.2) is 0 Å².